The van der Waals surface area contributed by atoms with Gasteiger partial charge in [0.25, 0.3) is 0 Å². The third-order valence-corrected chi connectivity index (χ3v) is 2.14. The third kappa shape index (κ3) is 1.22. The zero-order valence-corrected chi connectivity index (χ0v) is 7.35. The molecule has 0 unspecified atom stereocenters. The lowest BCUT2D eigenvalue weighted by atomic mass is 10.00. The Labute approximate surface area is 71.4 Å². The fraction of sp³-hybridized carbons (Fsp3) is 0.714. The van der Waals surface area contributed by atoms with Gasteiger partial charge in [0, 0.05) is 13.1 Å². The van der Waals surface area contributed by atoms with Crippen molar-refractivity contribution in [3.8, 4) is 0 Å². The SMILES string of the molecule is CC1(C)C(=O)NCCN1C(=N)N. The highest BCUT2D eigenvalue weighted by Gasteiger charge is 2.38. The topological polar surface area (TPSA) is 82.2 Å². The summed E-state index contributed by atoms with van der Waals surface area (Å²) >= 11 is 0. The molecule has 1 fully saturated rings. The van der Waals surface area contributed by atoms with E-state index in [2.05, 4.69) is 5.32 Å². The van der Waals surface area contributed by atoms with Crippen LogP contribution < -0.4 is 11.1 Å². The maximum atomic E-state index is 11.3. The molecule has 0 aliphatic carbocycles. The maximum Gasteiger partial charge on any atom is 0.245 e. The lowest BCUT2D eigenvalue weighted by Crippen LogP contribution is -2.64. The van der Waals surface area contributed by atoms with E-state index in [1.807, 2.05) is 0 Å². The van der Waals surface area contributed by atoms with Crippen molar-refractivity contribution in [3.05, 3.63) is 0 Å². The third-order valence-electron chi connectivity index (χ3n) is 2.14. The van der Waals surface area contributed by atoms with Gasteiger partial charge in [0.1, 0.15) is 5.54 Å². The molecule has 12 heavy (non-hydrogen) atoms. The number of nitrogens with one attached hydrogen (secondary N) is 2. The minimum atomic E-state index is -0.690. The molecule has 1 heterocycles. The van der Waals surface area contributed by atoms with Gasteiger partial charge in [-0.05, 0) is 13.8 Å². The first kappa shape index (κ1) is 8.83. The van der Waals surface area contributed by atoms with Gasteiger partial charge in [-0.1, -0.05) is 0 Å². The first-order valence-electron chi connectivity index (χ1n) is 3.86. The van der Waals surface area contributed by atoms with E-state index in [-0.39, 0.29) is 11.9 Å². The maximum absolute atomic E-state index is 11.3. The summed E-state index contributed by atoms with van der Waals surface area (Å²) in [7, 11) is 0. The van der Waals surface area contributed by atoms with Crippen molar-refractivity contribution in [3.63, 3.8) is 0 Å². The van der Waals surface area contributed by atoms with Crippen molar-refractivity contribution in [1.82, 2.24) is 10.2 Å². The Morgan fingerprint density at radius 2 is 2.33 bits per heavy atom. The molecule has 5 heteroatoms. The van der Waals surface area contributed by atoms with Crippen molar-refractivity contribution in [2.75, 3.05) is 13.1 Å². The summed E-state index contributed by atoms with van der Waals surface area (Å²) < 4.78 is 0. The highest BCUT2D eigenvalue weighted by atomic mass is 16.2. The van der Waals surface area contributed by atoms with Gasteiger partial charge in [-0.25, -0.2) is 0 Å². The highest BCUT2D eigenvalue weighted by molar-refractivity contribution is 5.91. The lowest BCUT2D eigenvalue weighted by Gasteiger charge is -2.41. The Hall–Kier alpha value is -1.26. The smallest absolute Gasteiger partial charge is 0.245 e. The Kier molecular flexibility index (Phi) is 1.95. The Morgan fingerprint density at radius 1 is 1.75 bits per heavy atom. The molecule has 4 N–H and O–H groups in total. The van der Waals surface area contributed by atoms with Gasteiger partial charge in [-0.3, -0.25) is 10.2 Å². The summed E-state index contributed by atoms with van der Waals surface area (Å²) in [5, 5.41) is 9.98. The van der Waals surface area contributed by atoms with Gasteiger partial charge >= 0.3 is 0 Å². The van der Waals surface area contributed by atoms with Gasteiger partial charge in [0.2, 0.25) is 5.91 Å². The molecule has 0 aromatic carbocycles. The van der Waals surface area contributed by atoms with E-state index >= 15 is 0 Å². The van der Waals surface area contributed by atoms with Crippen molar-refractivity contribution in [2.24, 2.45) is 5.73 Å². The molecule has 1 amide bonds. The fourth-order valence-corrected chi connectivity index (χ4v) is 1.32. The second-order valence-corrected chi connectivity index (χ2v) is 3.35. The minimum absolute atomic E-state index is 0.0464. The van der Waals surface area contributed by atoms with Crippen LogP contribution in [0.15, 0.2) is 0 Å². The number of hydrogen-bond acceptors (Lipinski definition) is 2. The standard InChI is InChI=1S/C7H14N4O/c1-7(2)5(12)10-3-4-11(7)6(8)9/h3-4H2,1-2H3,(H3,8,9)(H,10,12). The summed E-state index contributed by atoms with van der Waals surface area (Å²) in [6.45, 7) is 4.67. The fourth-order valence-electron chi connectivity index (χ4n) is 1.32. The summed E-state index contributed by atoms with van der Waals surface area (Å²) in [6, 6.07) is 0. The Bertz CT molecular complexity index is 223. The molecule has 0 radical (unpaired) electrons. The van der Waals surface area contributed by atoms with Crippen molar-refractivity contribution in [1.29, 1.82) is 5.41 Å². The quantitative estimate of drug-likeness (QED) is 0.325. The molecule has 1 saturated heterocycles. The number of carbonyl (C=O) groups is 1. The highest BCUT2D eigenvalue weighted by Crippen LogP contribution is 2.16. The monoisotopic (exact) mass is 170 g/mol. The van der Waals surface area contributed by atoms with Crippen molar-refractivity contribution < 1.29 is 4.79 Å². The second kappa shape index (κ2) is 2.66. The number of guanidine groups is 1. The number of nitrogens with zero attached hydrogens (tertiary/aromatic N) is 1. The molecular formula is C7H14N4O. The summed E-state index contributed by atoms with van der Waals surface area (Å²) in [5.74, 6) is -0.126. The van der Waals surface area contributed by atoms with Gasteiger partial charge in [-0.15, -0.1) is 0 Å². The molecule has 5 nitrogen and oxygen atoms in total. The van der Waals surface area contributed by atoms with Gasteiger partial charge in [0.05, 0.1) is 0 Å². The molecule has 0 bridgehead atoms. The number of amides is 1. The van der Waals surface area contributed by atoms with Gasteiger partial charge in [-0.2, -0.15) is 0 Å². The van der Waals surface area contributed by atoms with Crippen LogP contribution in [0.25, 0.3) is 0 Å². The molecule has 1 rings (SSSR count). The lowest BCUT2D eigenvalue weighted by molar-refractivity contribution is -0.132. The van der Waals surface area contributed by atoms with E-state index in [4.69, 9.17) is 11.1 Å². The molecule has 68 valence electrons. The first-order valence-corrected chi connectivity index (χ1v) is 3.86. The van der Waals surface area contributed by atoms with E-state index < -0.39 is 5.54 Å². The van der Waals surface area contributed by atoms with Gasteiger partial charge in [0.15, 0.2) is 5.96 Å². The average Bonchev–Trinajstić information content (AvgIpc) is 1.94. The van der Waals surface area contributed by atoms with Crippen LogP contribution in [0.1, 0.15) is 13.8 Å². The number of carbonyl (C=O) groups excluding carboxylic acids is 1. The van der Waals surface area contributed by atoms with Crippen LogP contribution in [0.3, 0.4) is 0 Å². The van der Waals surface area contributed by atoms with Crippen LogP contribution in [0, 0.1) is 5.41 Å². The molecule has 0 spiro atoms. The average molecular weight is 170 g/mol. The number of rotatable bonds is 0. The van der Waals surface area contributed by atoms with Crippen molar-refractivity contribution in [2.45, 2.75) is 19.4 Å². The molecule has 0 atom stereocenters. The van der Waals surface area contributed by atoms with E-state index in [9.17, 15) is 4.79 Å². The van der Waals surface area contributed by atoms with Crippen molar-refractivity contribution >= 4 is 11.9 Å². The van der Waals surface area contributed by atoms with Crippen LogP contribution in [-0.2, 0) is 4.79 Å². The second-order valence-electron chi connectivity index (χ2n) is 3.35. The van der Waals surface area contributed by atoms with Crippen LogP contribution in [-0.4, -0.2) is 35.4 Å². The van der Waals surface area contributed by atoms with Crippen LogP contribution in [0.2, 0.25) is 0 Å². The summed E-state index contributed by atoms with van der Waals surface area (Å²) in [6.07, 6.45) is 0. The predicted octanol–water partition coefficient (Wildman–Crippen LogP) is -0.910. The van der Waals surface area contributed by atoms with E-state index in [0.717, 1.165) is 0 Å². The molecule has 0 aromatic rings. The summed E-state index contributed by atoms with van der Waals surface area (Å²) in [5.41, 5.74) is 4.64. The molecule has 1 aliphatic rings. The van der Waals surface area contributed by atoms with E-state index in [1.54, 1.807) is 18.7 Å². The molecular weight excluding hydrogens is 156 g/mol. The molecule has 1 aliphatic heterocycles. The van der Waals surface area contributed by atoms with E-state index in [0.29, 0.717) is 13.1 Å². The van der Waals surface area contributed by atoms with Crippen LogP contribution in [0.5, 0.6) is 0 Å². The minimum Gasteiger partial charge on any atom is -0.370 e. The Morgan fingerprint density at radius 3 is 2.75 bits per heavy atom. The normalized spacial score (nSPS) is 21.8. The van der Waals surface area contributed by atoms with Crippen LogP contribution in [0.4, 0.5) is 0 Å². The zero-order chi connectivity index (χ0) is 9.35. The first-order chi connectivity index (χ1) is 5.46. The molecule has 0 aromatic heterocycles. The number of nitrogens with two attached hydrogens (primary N) is 1. The molecule has 0 saturated carbocycles. The Balaban J connectivity index is 2.86. The largest absolute Gasteiger partial charge is 0.370 e. The van der Waals surface area contributed by atoms with Gasteiger partial charge < -0.3 is 16.0 Å². The summed E-state index contributed by atoms with van der Waals surface area (Å²) in [4.78, 5) is 12.9. The predicted molar refractivity (Wildman–Crippen MR) is 45.7 cm³/mol. The van der Waals surface area contributed by atoms with Crippen LogP contribution >= 0.6 is 0 Å². The zero-order valence-electron chi connectivity index (χ0n) is 7.35. The number of piperazine rings is 1. The number of hydrogen-bond donors (Lipinski definition) is 3. The van der Waals surface area contributed by atoms with E-state index in [1.165, 1.54) is 0 Å².